The summed E-state index contributed by atoms with van der Waals surface area (Å²) in [5.41, 5.74) is 1.21. The van der Waals surface area contributed by atoms with Crippen LogP contribution in [-0.2, 0) is 4.79 Å². The Morgan fingerprint density at radius 2 is 2.32 bits per heavy atom. The van der Waals surface area contributed by atoms with Crippen molar-refractivity contribution in [3.8, 4) is 0 Å². The number of aromatic amines is 1. The van der Waals surface area contributed by atoms with Crippen molar-refractivity contribution in [1.82, 2.24) is 24.4 Å². The maximum absolute atomic E-state index is 12.1. The molecule has 8 heteroatoms. The number of carbonyl (C=O) groups excluding carboxylic acids is 1. The van der Waals surface area contributed by atoms with Crippen molar-refractivity contribution in [2.45, 2.75) is 18.9 Å². The molecule has 0 fully saturated rings. The zero-order valence-corrected chi connectivity index (χ0v) is 12.4. The van der Waals surface area contributed by atoms with E-state index in [9.17, 15) is 9.59 Å². The summed E-state index contributed by atoms with van der Waals surface area (Å²) in [5, 5.41) is 0. The predicted octanol–water partition coefficient (Wildman–Crippen LogP) is 0.801. The third-order valence-corrected chi connectivity index (χ3v) is 3.50. The summed E-state index contributed by atoms with van der Waals surface area (Å²) in [6.45, 7) is 0. The van der Waals surface area contributed by atoms with Crippen LogP contribution in [0.4, 0.5) is 5.95 Å². The fourth-order valence-electron chi connectivity index (χ4n) is 2.45. The van der Waals surface area contributed by atoms with Crippen LogP contribution >= 0.6 is 0 Å². The Morgan fingerprint density at radius 1 is 1.50 bits per heavy atom. The molecule has 2 aromatic rings. The van der Waals surface area contributed by atoms with E-state index in [0.29, 0.717) is 12.1 Å². The standard InChI is InChI=1S/C14H16N6O2/c1-19(2)7-16-14-17-12-11(13(22)18-14)15-8-20(12)10-4-3-9(5-10)6-21/h3,6-8,10H,4-5H2,1-2H3,(H,17,18,22)/b16-7+/t10-/m0/s1. The van der Waals surface area contributed by atoms with Crippen molar-refractivity contribution in [2.24, 2.45) is 4.99 Å². The van der Waals surface area contributed by atoms with Crippen molar-refractivity contribution >= 4 is 29.7 Å². The summed E-state index contributed by atoms with van der Waals surface area (Å²) in [4.78, 5) is 39.9. The van der Waals surface area contributed by atoms with Crippen LogP contribution in [0.2, 0.25) is 0 Å². The molecule has 1 aliphatic carbocycles. The molecule has 0 saturated carbocycles. The lowest BCUT2D eigenvalue weighted by Gasteiger charge is -2.11. The van der Waals surface area contributed by atoms with Crippen molar-refractivity contribution < 1.29 is 4.79 Å². The molecule has 0 aromatic carbocycles. The predicted molar refractivity (Wildman–Crippen MR) is 82.4 cm³/mol. The highest BCUT2D eigenvalue weighted by Gasteiger charge is 2.21. The number of hydrogen-bond acceptors (Lipinski definition) is 5. The van der Waals surface area contributed by atoms with E-state index in [1.807, 2.05) is 24.7 Å². The molecule has 0 radical (unpaired) electrons. The van der Waals surface area contributed by atoms with Crippen molar-refractivity contribution in [3.63, 3.8) is 0 Å². The molecule has 1 N–H and O–H groups in total. The minimum absolute atomic E-state index is 0.0604. The first-order valence-electron chi connectivity index (χ1n) is 6.90. The van der Waals surface area contributed by atoms with Gasteiger partial charge in [-0.15, -0.1) is 0 Å². The summed E-state index contributed by atoms with van der Waals surface area (Å²) in [6, 6.07) is 0.0604. The number of hydrogen-bond donors (Lipinski definition) is 1. The van der Waals surface area contributed by atoms with Gasteiger partial charge in [-0.2, -0.15) is 4.98 Å². The summed E-state index contributed by atoms with van der Waals surface area (Å²) in [6.07, 6.45) is 7.28. The molecule has 0 saturated heterocycles. The number of carbonyl (C=O) groups is 1. The number of aldehydes is 1. The molecule has 114 valence electrons. The Kier molecular flexibility index (Phi) is 3.58. The smallest absolute Gasteiger partial charge is 0.280 e. The molecule has 2 aromatic heterocycles. The first kappa shape index (κ1) is 14.2. The average molecular weight is 300 g/mol. The summed E-state index contributed by atoms with van der Waals surface area (Å²) < 4.78 is 1.84. The Morgan fingerprint density at radius 3 is 3.00 bits per heavy atom. The van der Waals surface area contributed by atoms with Gasteiger partial charge < -0.3 is 9.47 Å². The summed E-state index contributed by atoms with van der Waals surface area (Å²) in [7, 11) is 3.66. The Bertz CT molecular complexity index is 829. The van der Waals surface area contributed by atoms with Gasteiger partial charge >= 0.3 is 0 Å². The monoisotopic (exact) mass is 300 g/mol. The van der Waals surface area contributed by atoms with Gasteiger partial charge in [0.05, 0.1) is 12.7 Å². The van der Waals surface area contributed by atoms with Crippen LogP contribution in [0.3, 0.4) is 0 Å². The van der Waals surface area contributed by atoms with E-state index in [-0.39, 0.29) is 23.1 Å². The van der Waals surface area contributed by atoms with Gasteiger partial charge in [-0.1, -0.05) is 6.08 Å². The maximum atomic E-state index is 12.1. The van der Waals surface area contributed by atoms with Gasteiger partial charge in [0.15, 0.2) is 11.2 Å². The quantitative estimate of drug-likeness (QED) is 0.512. The molecule has 8 nitrogen and oxygen atoms in total. The number of aromatic nitrogens is 4. The van der Waals surface area contributed by atoms with E-state index in [1.54, 1.807) is 17.6 Å². The van der Waals surface area contributed by atoms with Gasteiger partial charge in [0, 0.05) is 20.1 Å². The zero-order chi connectivity index (χ0) is 15.7. The number of nitrogens with zero attached hydrogens (tertiary/aromatic N) is 5. The molecule has 0 amide bonds. The minimum Gasteiger partial charge on any atom is -0.369 e. The lowest BCUT2D eigenvalue weighted by molar-refractivity contribution is -0.105. The molecule has 0 aliphatic heterocycles. The molecule has 1 atom stereocenters. The van der Waals surface area contributed by atoms with Crippen LogP contribution in [0.5, 0.6) is 0 Å². The number of aliphatic imine (C=N–C) groups is 1. The first-order chi connectivity index (χ1) is 10.6. The maximum Gasteiger partial charge on any atom is 0.280 e. The normalized spacial score (nSPS) is 18.1. The van der Waals surface area contributed by atoms with Crippen LogP contribution in [-0.4, -0.2) is 51.1 Å². The molecule has 22 heavy (non-hydrogen) atoms. The molecule has 0 bridgehead atoms. The van der Waals surface area contributed by atoms with Crippen molar-refractivity contribution in [1.29, 1.82) is 0 Å². The molecule has 3 rings (SSSR count). The van der Waals surface area contributed by atoms with Crippen molar-refractivity contribution in [3.05, 3.63) is 28.3 Å². The van der Waals surface area contributed by atoms with E-state index in [1.165, 1.54) is 0 Å². The van der Waals surface area contributed by atoms with E-state index in [4.69, 9.17) is 0 Å². The lowest BCUT2D eigenvalue weighted by atomic mass is 10.2. The second kappa shape index (κ2) is 5.55. The van der Waals surface area contributed by atoms with Gasteiger partial charge in [-0.25, -0.2) is 9.98 Å². The molecular formula is C14H16N6O2. The third kappa shape index (κ3) is 2.54. The Balaban J connectivity index is 2.02. The fourth-order valence-corrected chi connectivity index (χ4v) is 2.45. The van der Waals surface area contributed by atoms with Gasteiger partial charge in [0.2, 0.25) is 5.95 Å². The largest absolute Gasteiger partial charge is 0.369 e. The van der Waals surface area contributed by atoms with Gasteiger partial charge in [-0.05, 0) is 18.4 Å². The molecule has 2 heterocycles. The van der Waals surface area contributed by atoms with Gasteiger partial charge in [0.25, 0.3) is 5.56 Å². The second-order valence-corrected chi connectivity index (χ2v) is 5.41. The molecule has 0 unspecified atom stereocenters. The van der Waals surface area contributed by atoms with Gasteiger partial charge in [-0.3, -0.25) is 14.6 Å². The number of imidazole rings is 1. The Hall–Kier alpha value is -2.77. The highest BCUT2D eigenvalue weighted by Crippen LogP contribution is 2.30. The van der Waals surface area contributed by atoms with Crippen LogP contribution in [0.25, 0.3) is 11.2 Å². The van der Waals surface area contributed by atoms with Crippen LogP contribution < -0.4 is 5.56 Å². The van der Waals surface area contributed by atoms with Gasteiger partial charge in [0.1, 0.15) is 6.29 Å². The highest BCUT2D eigenvalue weighted by atomic mass is 16.1. The van der Waals surface area contributed by atoms with E-state index in [2.05, 4.69) is 19.9 Å². The minimum atomic E-state index is -0.323. The first-order valence-corrected chi connectivity index (χ1v) is 6.90. The summed E-state index contributed by atoms with van der Waals surface area (Å²) in [5.74, 6) is 0.231. The average Bonchev–Trinajstić information content (AvgIpc) is 3.11. The second-order valence-electron chi connectivity index (χ2n) is 5.41. The third-order valence-electron chi connectivity index (χ3n) is 3.50. The lowest BCUT2D eigenvalue weighted by Crippen LogP contribution is -2.12. The van der Waals surface area contributed by atoms with Crippen LogP contribution in [0, 0.1) is 0 Å². The number of H-pyrrole nitrogens is 1. The molecular weight excluding hydrogens is 284 g/mol. The SMILES string of the molecule is CN(C)/C=N/c1nc2c(ncn2[C@H]2CC=C(C=O)C2)c(=O)[nH]1. The zero-order valence-electron chi connectivity index (χ0n) is 12.4. The van der Waals surface area contributed by atoms with E-state index < -0.39 is 0 Å². The topological polar surface area (TPSA) is 96.2 Å². The molecule has 1 aliphatic rings. The number of allylic oxidation sites excluding steroid dienone is 2. The van der Waals surface area contributed by atoms with E-state index >= 15 is 0 Å². The van der Waals surface area contributed by atoms with Crippen LogP contribution in [0.1, 0.15) is 18.9 Å². The number of rotatable bonds is 4. The highest BCUT2D eigenvalue weighted by molar-refractivity contribution is 5.75. The van der Waals surface area contributed by atoms with Crippen LogP contribution in [0.15, 0.2) is 27.8 Å². The Labute approximate surface area is 126 Å². The number of nitrogens with one attached hydrogen (secondary N) is 1. The fraction of sp³-hybridized carbons (Fsp3) is 0.357. The molecule has 0 spiro atoms. The number of fused-ring (bicyclic) bond motifs is 1. The summed E-state index contributed by atoms with van der Waals surface area (Å²) >= 11 is 0. The van der Waals surface area contributed by atoms with E-state index in [0.717, 1.165) is 18.3 Å². The van der Waals surface area contributed by atoms with Crippen molar-refractivity contribution in [2.75, 3.05) is 14.1 Å².